The Morgan fingerprint density at radius 2 is 2.18 bits per heavy atom. The number of hydrogen-bond donors (Lipinski definition) is 2. The van der Waals surface area contributed by atoms with E-state index in [1.165, 1.54) is 0 Å². The van der Waals surface area contributed by atoms with Crippen molar-refractivity contribution < 1.29 is 5.21 Å². The van der Waals surface area contributed by atoms with Gasteiger partial charge in [0.05, 0.1) is 6.04 Å². The standard InChI is InChI=1S/C7H17N3O/c1-4-5-6(10(2)3)7(8)9-11/h6,11H,4-5H2,1-3H3,(H2,8,9). The van der Waals surface area contributed by atoms with Crippen molar-refractivity contribution in [1.82, 2.24) is 4.90 Å². The first-order chi connectivity index (χ1) is 5.13. The van der Waals surface area contributed by atoms with Gasteiger partial charge in [0.15, 0.2) is 5.84 Å². The maximum Gasteiger partial charge on any atom is 0.156 e. The molecule has 0 heterocycles. The smallest absolute Gasteiger partial charge is 0.156 e. The molecule has 0 aliphatic carbocycles. The molecule has 0 aliphatic heterocycles. The minimum atomic E-state index is 0.0602. The Kier molecular flexibility index (Phi) is 4.61. The summed E-state index contributed by atoms with van der Waals surface area (Å²) in [6.45, 7) is 2.07. The molecule has 0 rings (SSSR count). The van der Waals surface area contributed by atoms with Gasteiger partial charge in [-0.2, -0.15) is 0 Å². The van der Waals surface area contributed by atoms with Crippen LogP contribution in [0.3, 0.4) is 0 Å². The van der Waals surface area contributed by atoms with Crippen molar-refractivity contribution in [3.63, 3.8) is 0 Å². The first-order valence-corrected chi connectivity index (χ1v) is 3.77. The van der Waals surface area contributed by atoms with Crippen molar-refractivity contribution in [3.8, 4) is 0 Å². The molecule has 66 valence electrons. The van der Waals surface area contributed by atoms with Crippen LogP contribution in [-0.4, -0.2) is 36.1 Å². The van der Waals surface area contributed by atoms with E-state index in [4.69, 9.17) is 10.9 Å². The minimum Gasteiger partial charge on any atom is -0.409 e. The molecule has 0 amide bonds. The molecule has 1 atom stereocenters. The SMILES string of the molecule is CCCC(/C(N)=N/O)N(C)C. The van der Waals surface area contributed by atoms with Crippen molar-refractivity contribution in [2.45, 2.75) is 25.8 Å². The minimum absolute atomic E-state index is 0.0602. The number of hydrogen-bond acceptors (Lipinski definition) is 3. The van der Waals surface area contributed by atoms with E-state index in [9.17, 15) is 0 Å². The van der Waals surface area contributed by atoms with E-state index in [2.05, 4.69) is 12.1 Å². The monoisotopic (exact) mass is 159 g/mol. The molecule has 4 heteroatoms. The lowest BCUT2D eigenvalue weighted by Crippen LogP contribution is -2.40. The second kappa shape index (κ2) is 4.96. The molecule has 0 radical (unpaired) electrons. The average Bonchev–Trinajstić information content (AvgIpc) is 1.98. The van der Waals surface area contributed by atoms with E-state index < -0.39 is 0 Å². The molecule has 0 aromatic heterocycles. The van der Waals surface area contributed by atoms with Crippen LogP contribution in [0.2, 0.25) is 0 Å². The molecule has 1 unspecified atom stereocenters. The highest BCUT2D eigenvalue weighted by Gasteiger charge is 2.14. The Labute approximate surface area is 67.7 Å². The normalized spacial score (nSPS) is 15.5. The number of oxime groups is 1. The Balaban J connectivity index is 4.10. The zero-order chi connectivity index (χ0) is 8.85. The largest absolute Gasteiger partial charge is 0.409 e. The van der Waals surface area contributed by atoms with Crippen LogP contribution in [0, 0.1) is 0 Å². The van der Waals surface area contributed by atoms with E-state index in [0.29, 0.717) is 0 Å². The molecule has 0 saturated carbocycles. The van der Waals surface area contributed by atoms with Crippen LogP contribution in [-0.2, 0) is 0 Å². The summed E-state index contributed by atoms with van der Waals surface area (Å²) >= 11 is 0. The van der Waals surface area contributed by atoms with Gasteiger partial charge in [-0.25, -0.2) is 0 Å². The molecule has 0 aromatic rings. The summed E-state index contributed by atoms with van der Waals surface area (Å²) in [7, 11) is 3.83. The number of nitrogens with zero attached hydrogens (tertiary/aromatic N) is 2. The average molecular weight is 159 g/mol. The zero-order valence-corrected chi connectivity index (χ0v) is 7.41. The fourth-order valence-electron chi connectivity index (χ4n) is 1.01. The summed E-state index contributed by atoms with van der Waals surface area (Å²) in [4.78, 5) is 1.94. The zero-order valence-electron chi connectivity index (χ0n) is 7.41. The summed E-state index contributed by atoms with van der Waals surface area (Å²) in [5.74, 6) is 0.289. The molecule has 0 bridgehead atoms. The van der Waals surface area contributed by atoms with Gasteiger partial charge in [0.1, 0.15) is 0 Å². The highest BCUT2D eigenvalue weighted by Crippen LogP contribution is 2.02. The van der Waals surface area contributed by atoms with Gasteiger partial charge in [-0.15, -0.1) is 0 Å². The predicted octanol–water partition coefficient (Wildman–Crippen LogP) is 0.463. The Bertz CT molecular complexity index is 134. The maximum atomic E-state index is 8.42. The molecule has 11 heavy (non-hydrogen) atoms. The number of likely N-dealkylation sites (N-methyl/N-ethyl adjacent to an activating group) is 1. The Morgan fingerprint density at radius 3 is 2.45 bits per heavy atom. The molecule has 4 nitrogen and oxygen atoms in total. The highest BCUT2D eigenvalue weighted by molar-refractivity contribution is 5.85. The number of nitrogens with two attached hydrogens (primary N) is 1. The van der Waals surface area contributed by atoms with E-state index in [0.717, 1.165) is 12.8 Å². The molecule has 0 aromatic carbocycles. The lowest BCUT2D eigenvalue weighted by atomic mass is 10.1. The number of amidine groups is 1. The van der Waals surface area contributed by atoms with Gasteiger partial charge >= 0.3 is 0 Å². The first kappa shape index (κ1) is 10.2. The van der Waals surface area contributed by atoms with Gasteiger partial charge in [0.25, 0.3) is 0 Å². The van der Waals surface area contributed by atoms with Crippen LogP contribution in [0.15, 0.2) is 5.16 Å². The van der Waals surface area contributed by atoms with Crippen LogP contribution >= 0.6 is 0 Å². The van der Waals surface area contributed by atoms with Gasteiger partial charge < -0.3 is 10.9 Å². The van der Waals surface area contributed by atoms with Crippen molar-refractivity contribution >= 4 is 5.84 Å². The summed E-state index contributed by atoms with van der Waals surface area (Å²) in [6.07, 6.45) is 1.95. The summed E-state index contributed by atoms with van der Waals surface area (Å²) in [5, 5.41) is 11.4. The van der Waals surface area contributed by atoms with Crippen molar-refractivity contribution in [2.75, 3.05) is 14.1 Å². The van der Waals surface area contributed by atoms with E-state index >= 15 is 0 Å². The van der Waals surface area contributed by atoms with E-state index in [1.54, 1.807) is 0 Å². The molecular formula is C7H17N3O. The van der Waals surface area contributed by atoms with Crippen molar-refractivity contribution in [1.29, 1.82) is 0 Å². The quantitative estimate of drug-likeness (QED) is 0.271. The van der Waals surface area contributed by atoms with Gasteiger partial charge in [-0.1, -0.05) is 18.5 Å². The summed E-state index contributed by atoms with van der Waals surface area (Å²) < 4.78 is 0. The fourth-order valence-corrected chi connectivity index (χ4v) is 1.01. The van der Waals surface area contributed by atoms with Gasteiger partial charge in [-0.3, -0.25) is 4.90 Å². The molecular weight excluding hydrogens is 142 g/mol. The molecule has 0 saturated heterocycles. The summed E-state index contributed by atoms with van der Waals surface area (Å²) in [5.41, 5.74) is 5.46. The lowest BCUT2D eigenvalue weighted by molar-refractivity contribution is 0.295. The van der Waals surface area contributed by atoms with Crippen molar-refractivity contribution in [2.24, 2.45) is 10.9 Å². The fraction of sp³-hybridized carbons (Fsp3) is 0.857. The third kappa shape index (κ3) is 3.23. The molecule has 0 fully saturated rings. The van der Waals surface area contributed by atoms with E-state index in [1.807, 2.05) is 19.0 Å². The van der Waals surface area contributed by atoms with Crippen LogP contribution < -0.4 is 5.73 Å². The molecule has 0 aliphatic rings. The van der Waals surface area contributed by atoms with Gasteiger partial charge in [-0.05, 0) is 20.5 Å². The van der Waals surface area contributed by atoms with Crippen LogP contribution in [0.5, 0.6) is 0 Å². The topological polar surface area (TPSA) is 61.9 Å². The molecule has 0 spiro atoms. The van der Waals surface area contributed by atoms with Crippen LogP contribution in [0.1, 0.15) is 19.8 Å². The van der Waals surface area contributed by atoms with Crippen LogP contribution in [0.25, 0.3) is 0 Å². The third-order valence-corrected chi connectivity index (χ3v) is 1.64. The summed E-state index contributed by atoms with van der Waals surface area (Å²) in [6, 6.07) is 0.0602. The second-order valence-corrected chi connectivity index (χ2v) is 2.79. The third-order valence-electron chi connectivity index (χ3n) is 1.64. The Morgan fingerprint density at radius 1 is 1.64 bits per heavy atom. The van der Waals surface area contributed by atoms with Crippen LogP contribution in [0.4, 0.5) is 0 Å². The highest BCUT2D eigenvalue weighted by atomic mass is 16.4. The van der Waals surface area contributed by atoms with Gasteiger partial charge in [0, 0.05) is 0 Å². The first-order valence-electron chi connectivity index (χ1n) is 3.77. The second-order valence-electron chi connectivity index (χ2n) is 2.79. The van der Waals surface area contributed by atoms with Gasteiger partial charge in [0.2, 0.25) is 0 Å². The Hall–Kier alpha value is -0.770. The predicted molar refractivity (Wildman–Crippen MR) is 45.8 cm³/mol. The molecule has 3 N–H and O–H groups in total. The van der Waals surface area contributed by atoms with E-state index in [-0.39, 0.29) is 11.9 Å². The van der Waals surface area contributed by atoms with Crippen molar-refractivity contribution in [3.05, 3.63) is 0 Å². The maximum absolute atomic E-state index is 8.42. The lowest BCUT2D eigenvalue weighted by Gasteiger charge is -2.21. The number of rotatable bonds is 4.